The maximum Gasteiger partial charge on any atom is 0.253 e. The first kappa shape index (κ1) is 14.3. The standard InChI is InChI=1S/C17H18N2O3/c20-14-6-7-16(21)15(12-14)18-8-10-19(11-9-18)17(22)13-4-2-1-3-5-13/h1-7,12,20-21H,8-11H2. The molecule has 2 N–H and O–H groups in total. The van der Waals surface area contributed by atoms with Gasteiger partial charge in [0.2, 0.25) is 0 Å². The second-order valence-electron chi connectivity index (χ2n) is 5.32. The summed E-state index contributed by atoms with van der Waals surface area (Å²) in [6.07, 6.45) is 0. The number of nitrogens with zero attached hydrogens (tertiary/aromatic N) is 2. The van der Waals surface area contributed by atoms with E-state index in [0.717, 1.165) is 0 Å². The number of rotatable bonds is 2. The van der Waals surface area contributed by atoms with Gasteiger partial charge in [0.25, 0.3) is 5.91 Å². The molecular weight excluding hydrogens is 280 g/mol. The summed E-state index contributed by atoms with van der Waals surface area (Å²) in [6.45, 7) is 2.41. The summed E-state index contributed by atoms with van der Waals surface area (Å²) < 4.78 is 0. The fourth-order valence-corrected chi connectivity index (χ4v) is 2.68. The summed E-state index contributed by atoms with van der Waals surface area (Å²) in [7, 11) is 0. The summed E-state index contributed by atoms with van der Waals surface area (Å²) in [5.41, 5.74) is 1.29. The molecule has 5 nitrogen and oxygen atoms in total. The number of piperazine rings is 1. The Morgan fingerprint density at radius 3 is 2.27 bits per heavy atom. The third-order valence-corrected chi connectivity index (χ3v) is 3.89. The van der Waals surface area contributed by atoms with Crippen LogP contribution in [0.1, 0.15) is 10.4 Å². The molecule has 1 aliphatic rings. The van der Waals surface area contributed by atoms with Gasteiger partial charge < -0.3 is 20.0 Å². The van der Waals surface area contributed by atoms with Gasteiger partial charge in [0, 0.05) is 37.8 Å². The SMILES string of the molecule is O=C(c1ccccc1)N1CCN(c2cc(O)ccc2O)CC1. The van der Waals surface area contributed by atoms with Gasteiger partial charge in [-0.15, -0.1) is 0 Å². The Morgan fingerprint density at radius 2 is 1.59 bits per heavy atom. The third-order valence-electron chi connectivity index (χ3n) is 3.89. The monoisotopic (exact) mass is 298 g/mol. The van der Waals surface area contributed by atoms with Crippen LogP contribution >= 0.6 is 0 Å². The summed E-state index contributed by atoms with van der Waals surface area (Å²) in [4.78, 5) is 16.2. The van der Waals surface area contributed by atoms with E-state index in [9.17, 15) is 15.0 Å². The summed E-state index contributed by atoms with van der Waals surface area (Å²) in [5.74, 6) is 0.289. The quantitative estimate of drug-likeness (QED) is 0.833. The number of hydrogen-bond donors (Lipinski definition) is 2. The molecular formula is C17H18N2O3. The van der Waals surface area contributed by atoms with Crippen LogP contribution in [0, 0.1) is 0 Å². The van der Waals surface area contributed by atoms with Crippen LogP contribution in [0.3, 0.4) is 0 Å². The lowest BCUT2D eigenvalue weighted by atomic mass is 10.1. The zero-order valence-corrected chi connectivity index (χ0v) is 12.1. The fourth-order valence-electron chi connectivity index (χ4n) is 2.68. The number of phenolic OH excluding ortho intramolecular Hbond substituents is 2. The molecule has 22 heavy (non-hydrogen) atoms. The van der Waals surface area contributed by atoms with Crippen molar-refractivity contribution in [1.29, 1.82) is 0 Å². The second kappa shape index (κ2) is 5.97. The Labute approximate surface area is 129 Å². The van der Waals surface area contributed by atoms with Crippen molar-refractivity contribution in [3.63, 3.8) is 0 Å². The molecule has 114 valence electrons. The van der Waals surface area contributed by atoms with Crippen molar-refractivity contribution in [2.24, 2.45) is 0 Å². The first-order valence-electron chi connectivity index (χ1n) is 7.26. The number of aromatic hydroxyl groups is 2. The van der Waals surface area contributed by atoms with Crippen molar-refractivity contribution in [2.45, 2.75) is 0 Å². The van der Waals surface area contributed by atoms with Crippen LogP contribution in [0.25, 0.3) is 0 Å². The van der Waals surface area contributed by atoms with Gasteiger partial charge in [-0.25, -0.2) is 0 Å². The molecule has 0 aromatic heterocycles. The number of phenols is 2. The van der Waals surface area contributed by atoms with Gasteiger partial charge in [-0.3, -0.25) is 4.79 Å². The van der Waals surface area contributed by atoms with E-state index in [2.05, 4.69) is 0 Å². The van der Waals surface area contributed by atoms with E-state index in [1.54, 1.807) is 6.07 Å². The van der Waals surface area contributed by atoms with Crippen LogP contribution in [-0.4, -0.2) is 47.2 Å². The topological polar surface area (TPSA) is 64.0 Å². The zero-order chi connectivity index (χ0) is 15.5. The summed E-state index contributed by atoms with van der Waals surface area (Å²) in [5, 5.41) is 19.5. The number of anilines is 1. The van der Waals surface area contributed by atoms with Crippen LogP contribution in [0.2, 0.25) is 0 Å². The molecule has 0 aliphatic carbocycles. The van der Waals surface area contributed by atoms with E-state index in [-0.39, 0.29) is 17.4 Å². The number of hydrogen-bond acceptors (Lipinski definition) is 4. The Morgan fingerprint density at radius 1 is 0.909 bits per heavy atom. The first-order chi connectivity index (χ1) is 10.6. The molecule has 0 unspecified atom stereocenters. The van der Waals surface area contributed by atoms with E-state index in [1.807, 2.05) is 40.1 Å². The molecule has 5 heteroatoms. The lowest BCUT2D eigenvalue weighted by molar-refractivity contribution is 0.0746. The smallest absolute Gasteiger partial charge is 0.253 e. The molecule has 0 radical (unpaired) electrons. The predicted octanol–water partition coefficient (Wildman–Crippen LogP) is 2.06. The first-order valence-corrected chi connectivity index (χ1v) is 7.26. The van der Waals surface area contributed by atoms with Gasteiger partial charge in [0.1, 0.15) is 11.5 Å². The molecule has 0 spiro atoms. The Hall–Kier alpha value is -2.69. The predicted molar refractivity (Wildman–Crippen MR) is 84.3 cm³/mol. The molecule has 1 saturated heterocycles. The fraction of sp³-hybridized carbons (Fsp3) is 0.235. The van der Waals surface area contributed by atoms with Crippen LogP contribution in [0.5, 0.6) is 11.5 Å². The van der Waals surface area contributed by atoms with Gasteiger partial charge in [-0.05, 0) is 24.3 Å². The molecule has 1 aliphatic heterocycles. The molecule has 0 saturated carbocycles. The highest BCUT2D eigenvalue weighted by molar-refractivity contribution is 5.94. The molecule has 1 heterocycles. The molecule has 3 rings (SSSR count). The van der Waals surface area contributed by atoms with Gasteiger partial charge in [-0.1, -0.05) is 18.2 Å². The minimum atomic E-state index is 0.0281. The van der Waals surface area contributed by atoms with Crippen LogP contribution < -0.4 is 4.90 Å². The average Bonchev–Trinajstić information content (AvgIpc) is 2.57. The normalized spacial score (nSPS) is 14.9. The number of carbonyl (C=O) groups is 1. The van der Waals surface area contributed by atoms with Gasteiger partial charge >= 0.3 is 0 Å². The van der Waals surface area contributed by atoms with Crippen LogP contribution in [0.15, 0.2) is 48.5 Å². The Kier molecular flexibility index (Phi) is 3.87. The largest absolute Gasteiger partial charge is 0.508 e. The zero-order valence-electron chi connectivity index (χ0n) is 12.1. The Bertz CT molecular complexity index is 665. The number of carbonyl (C=O) groups excluding carboxylic acids is 1. The van der Waals surface area contributed by atoms with Crippen molar-refractivity contribution >= 4 is 11.6 Å². The van der Waals surface area contributed by atoms with E-state index in [0.29, 0.717) is 37.4 Å². The molecule has 0 bridgehead atoms. The molecule has 2 aromatic rings. The van der Waals surface area contributed by atoms with Crippen LogP contribution in [-0.2, 0) is 0 Å². The van der Waals surface area contributed by atoms with E-state index in [4.69, 9.17) is 0 Å². The molecule has 2 aromatic carbocycles. The maximum atomic E-state index is 12.4. The highest BCUT2D eigenvalue weighted by Crippen LogP contribution is 2.31. The minimum absolute atomic E-state index is 0.0281. The van der Waals surface area contributed by atoms with Gasteiger partial charge in [0.05, 0.1) is 5.69 Å². The van der Waals surface area contributed by atoms with E-state index in [1.165, 1.54) is 12.1 Å². The maximum absolute atomic E-state index is 12.4. The second-order valence-corrected chi connectivity index (χ2v) is 5.32. The minimum Gasteiger partial charge on any atom is -0.508 e. The van der Waals surface area contributed by atoms with Crippen molar-refractivity contribution in [1.82, 2.24) is 4.90 Å². The lowest BCUT2D eigenvalue weighted by Gasteiger charge is -2.36. The molecule has 1 amide bonds. The van der Waals surface area contributed by atoms with E-state index >= 15 is 0 Å². The number of amides is 1. The third kappa shape index (κ3) is 2.83. The Balaban J connectivity index is 1.68. The summed E-state index contributed by atoms with van der Waals surface area (Å²) >= 11 is 0. The summed E-state index contributed by atoms with van der Waals surface area (Å²) in [6, 6.07) is 13.7. The van der Waals surface area contributed by atoms with Gasteiger partial charge in [0.15, 0.2) is 0 Å². The van der Waals surface area contributed by atoms with Crippen molar-refractivity contribution < 1.29 is 15.0 Å². The highest BCUT2D eigenvalue weighted by Gasteiger charge is 2.23. The highest BCUT2D eigenvalue weighted by atomic mass is 16.3. The van der Waals surface area contributed by atoms with Crippen molar-refractivity contribution in [3.8, 4) is 11.5 Å². The van der Waals surface area contributed by atoms with Gasteiger partial charge in [-0.2, -0.15) is 0 Å². The van der Waals surface area contributed by atoms with Crippen LogP contribution in [0.4, 0.5) is 5.69 Å². The average molecular weight is 298 g/mol. The molecule has 1 fully saturated rings. The number of benzene rings is 2. The van der Waals surface area contributed by atoms with Crippen molar-refractivity contribution in [2.75, 3.05) is 31.1 Å². The van der Waals surface area contributed by atoms with E-state index < -0.39 is 0 Å². The van der Waals surface area contributed by atoms with Crippen molar-refractivity contribution in [3.05, 3.63) is 54.1 Å². The molecule has 0 atom stereocenters. The lowest BCUT2D eigenvalue weighted by Crippen LogP contribution is -2.48.